The summed E-state index contributed by atoms with van der Waals surface area (Å²) in [4.78, 5) is 16.2. The summed E-state index contributed by atoms with van der Waals surface area (Å²) < 4.78 is 0. The van der Waals surface area contributed by atoms with E-state index in [4.69, 9.17) is 0 Å². The lowest BCUT2D eigenvalue weighted by molar-refractivity contribution is 0.0951. The number of amides is 1. The Labute approximate surface area is 105 Å². The third kappa shape index (κ3) is 2.85. The van der Waals surface area contributed by atoms with Gasteiger partial charge in [-0.2, -0.15) is 5.10 Å². The Morgan fingerprint density at radius 2 is 2.28 bits per heavy atom. The van der Waals surface area contributed by atoms with E-state index >= 15 is 0 Å². The van der Waals surface area contributed by atoms with E-state index < -0.39 is 0 Å². The van der Waals surface area contributed by atoms with Crippen LogP contribution in [0.4, 0.5) is 5.82 Å². The Kier molecular flexibility index (Phi) is 3.57. The molecule has 0 aliphatic carbocycles. The van der Waals surface area contributed by atoms with Gasteiger partial charge in [-0.25, -0.2) is 4.98 Å². The molecule has 1 amide bonds. The van der Waals surface area contributed by atoms with Gasteiger partial charge in [0.1, 0.15) is 5.82 Å². The van der Waals surface area contributed by atoms with Crippen LogP contribution < -0.4 is 10.6 Å². The van der Waals surface area contributed by atoms with Crippen molar-refractivity contribution in [2.24, 2.45) is 0 Å². The summed E-state index contributed by atoms with van der Waals surface area (Å²) >= 11 is 0. The van der Waals surface area contributed by atoms with Crippen LogP contribution in [0, 0.1) is 6.92 Å². The summed E-state index contributed by atoms with van der Waals surface area (Å²) in [5.41, 5.74) is 2.33. The fourth-order valence-electron chi connectivity index (χ4n) is 1.59. The Hall–Kier alpha value is -2.37. The predicted octanol–water partition coefficient (Wildman–Crippen LogP) is 1.08. The van der Waals surface area contributed by atoms with Crippen LogP contribution in [-0.4, -0.2) is 28.1 Å². The molecule has 2 heterocycles. The van der Waals surface area contributed by atoms with Gasteiger partial charge in [0, 0.05) is 36.6 Å². The van der Waals surface area contributed by atoms with Gasteiger partial charge in [0.25, 0.3) is 5.91 Å². The monoisotopic (exact) mass is 245 g/mol. The van der Waals surface area contributed by atoms with E-state index in [0.717, 1.165) is 11.3 Å². The summed E-state index contributed by atoms with van der Waals surface area (Å²) in [6.45, 7) is 2.30. The second-order valence-corrected chi connectivity index (χ2v) is 3.92. The molecule has 0 fully saturated rings. The highest BCUT2D eigenvalue weighted by Crippen LogP contribution is 2.09. The zero-order valence-electron chi connectivity index (χ0n) is 10.3. The van der Waals surface area contributed by atoms with Gasteiger partial charge in [-0.3, -0.25) is 9.89 Å². The molecule has 0 saturated carbocycles. The van der Waals surface area contributed by atoms with E-state index in [1.165, 1.54) is 0 Å². The van der Waals surface area contributed by atoms with Gasteiger partial charge in [0.2, 0.25) is 0 Å². The number of nitrogens with zero attached hydrogens (tertiary/aromatic N) is 2. The molecule has 0 aliphatic rings. The lowest BCUT2D eigenvalue weighted by Crippen LogP contribution is -2.23. The molecule has 0 atom stereocenters. The molecule has 0 unspecified atom stereocenters. The third-order valence-electron chi connectivity index (χ3n) is 2.48. The maximum atomic E-state index is 12.0. The molecule has 2 aromatic rings. The molecule has 18 heavy (non-hydrogen) atoms. The van der Waals surface area contributed by atoms with Gasteiger partial charge in [0.15, 0.2) is 0 Å². The van der Waals surface area contributed by atoms with E-state index in [1.807, 2.05) is 6.92 Å². The van der Waals surface area contributed by atoms with Crippen LogP contribution in [0.5, 0.6) is 0 Å². The van der Waals surface area contributed by atoms with E-state index in [2.05, 4.69) is 25.8 Å². The van der Waals surface area contributed by atoms with Crippen LogP contribution >= 0.6 is 0 Å². The number of carbonyl (C=O) groups excluding carboxylic acids is 1. The Bertz CT molecular complexity index is 535. The second-order valence-electron chi connectivity index (χ2n) is 3.92. The molecule has 0 aromatic carbocycles. The maximum Gasteiger partial charge on any atom is 0.251 e. The molecular weight excluding hydrogens is 230 g/mol. The smallest absolute Gasteiger partial charge is 0.251 e. The van der Waals surface area contributed by atoms with Crippen LogP contribution in [0.2, 0.25) is 0 Å². The highest BCUT2D eigenvalue weighted by atomic mass is 16.1. The standard InChI is InChI=1S/C12H15N5O/c1-8-3-10(4-11(13-2)17-8)12(18)14-5-9-6-15-16-7-9/h3-4,6-7H,5H2,1-2H3,(H,13,17)(H,14,18)(H,15,16). The van der Waals surface area contributed by atoms with Gasteiger partial charge in [-0.05, 0) is 19.1 Å². The van der Waals surface area contributed by atoms with Gasteiger partial charge in [-0.15, -0.1) is 0 Å². The van der Waals surface area contributed by atoms with Gasteiger partial charge in [0.05, 0.1) is 6.20 Å². The van der Waals surface area contributed by atoms with Crippen LogP contribution in [0.1, 0.15) is 21.6 Å². The van der Waals surface area contributed by atoms with Crippen molar-refractivity contribution in [3.63, 3.8) is 0 Å². The lowest BCUT2D eigenvalue weighted by atomic mass is 10.2. The van der Waals surface area contributed by atoms with Crippen molar-refractivity contribution >= 4 is 11.7 Å². The van der Waals surface area contributed by atoms with Crippen LogP contribution in [0.3, 0.4) is 0 Å². The minimum absolute atomic E-state index is 0.127. The number of pyridine rings is 1. The first-order chi connectivity index (χ1) is 8.69. The first-order valence-corrected chi connectivity index (χ1v) is 5.61. The highest BCUT2D eigenvalue weighted by molar-refractivity contribution is 5.94. The topological polar surface area (TPSA) is 82.7 Å². The minimum Gasteiger partial charge on any atom is -0.373 e. The highest BCUT2D eigenvalue weighted by Gasteiger charge is 2.08. The van der Waals surface area contributed by atoms with Crippen molar-refractivity contribution in [1.29, 1.82) is 0 Å². The summed E-state index contributed by atoms with van der Waals surface area (Å²) in [7, 11) is 1.77. The molecule has 2 rings (SSSR count). The number of aromatic nitrogens is 3. The van der Waals surface area contributed by atoms with Gasteiger partial charge in [-0.1, -0.05) is 0 Å². The van der Waals surface area contributed by atoms with Crippen LogP contribution in [0.25, 0.3) is 0 Å². The van der Waals surface area contributed by atoms with Crippen molar-refractivity contribution in [3.8, 4) is 0 Å². The summed E-state index contributed by atoms with van der Waals surface area (Å²) in [6.07, 6.45) is 3.42. The summed E-state index contributed by atoms with van der Waals surface area (Å²) in [5, 5.41) is 12.3. The molecule has 0 radical (unpaired) electrons. The molecule has 0 aliphatic heterocycles. The Morgan fingerprint density at radius 1 is 1.44 bits per heavy atom. The number of nitrogens with one attached hydrogen (secondary N) is 3. The molecule has 3 N–H and O–H groups in total. The quantitative estimate of drug-likeness (QED) is 0.753. The average molecular weight is 245 g/mol. The van der Waals surface area contributed by atoms with Crippen molar-refractivity contribution in [2.45, 2.75) is 13.5 Å². The number of aryl methyl sites for hydroxylation is 1. The molecule has 2 aromatic heterocycles. The number of aromatic amines is 1. The van der Waals surface area contributed by atoms with E-state index in [1.54, 1.807) is 31.6 Å². The number of hydrogen-bond donors (Lipinski definition) is 3. The van der Waals surface area contributed by atoms with Gasteiger partial charge >= 0.3 is 0 Å². The fourth-order valence-corrected chi connectivity index (χ4v) is 1.59. The van der Waals surface area contributed by atoms with Crippen LogP contribution in [0.15, 0.2) is 24.5 Å². The number of carbonyl (C=O) groups is 1. The van der Waals surface area contributed by atoms with E-state index in [9.17, 15) is 4.79 Å². The first-order valence-electron chi connectivity index (χ1n) is 5.61. The normalized spacial score (nSPS) is 10.1. The lowest BCUT2D eigenvalue weighted by Gasteiger charge is -2.07. The average Bonchev–Trinajstić information content (AvgIpc) is 2.88. The largest absolute Gasteiger partial charge is 0.373 e. The van der Waals surface area contributed by atoms with E-state index in [-0.39, 0.29) is 5.91 Å². The minimum atomic E-state index is -0.127. The van der Waals surface area contributed by atoms with E-state index in [0.29, 0.717) is 17.9 Å². The molecule has 0 saturated heterocycles. The number of rotatable bonds is 4. The SMILES string of the molecule is CNc1cc(C(=O)NCc2cn[nH]c2)cc(C)n1. The van der Waals surface area contributed by atoms with Crippen molar-refractivity contribution in [1.82, 2.24) is 20.5 Å². The van der Waals surface area contributed by atoms with Crippen LogP contribution in [-0.2, 0) is 6.54 Å². The Balaban J connectivity index is 2.06. The maximum absolute atomic E-state index is 12.0. The predicted molar refractivity (Wildman–Crippen MR) is 68.3 cm³/mol. The second kappa shape index (κ2) is 5.31. The fraction of sp³-hybridized carbons (Fsp3) is 0.250. The van der Waals surface area contributed by atoms with Crippen molar-refractivity contribution in [2.75, 3.05) is 12.4 Å². The Morgan fingerprint density at radius 3 is 2.94 bits per heavy atom. The molecule has 94 valence electrons. The zero-order chi connectivity index (χ0) is 13.0. The number of anilines is 1. The van der Waals surface area contributed by atoms with Crippen molar-refractivity contribution < 1.29 is 4.79 Å². The summed E-state index contributed by atoms with van der Waals surface area (Å²) in [6, 6.07) is 3.48. The third-order valence-corrected chi connectivity index (χ3v) is 2.48. The number of hydrogen-bond acceptors (Lipinski definition) is 4. The van der Waals surface area contributed by atoms with Gasteiger partial charge < -0.3 is 10.6 Å². The molecule has 0 bridgehead atoms. The van der Waals surface area contributed by atoms with Crippen molar-refractivity contribution in [3.05, 3.63) is 41.3 Å². The molecular formula is C12H15N5O. The first kappa shape index (κ1) is 12.1. The number of H-pyrrole nitrogens is 1. The molecule has 6 nitrogen and oxygen atoms in total. The molecule has 6 heteroatoms. The molecule has 0 spiro atoms. The summed E-state index contributed by atoms with van der Waals surface area (Å²) in [5.74, 6) is 0.557. The zero-order valence-corrected chi connectivity index (χ0v) is 10.3.